The van der Waals surface area contributed by atoms with Crippen LogP contribution in [0.3, 0.4) is 0 Å². The molecule has 0 radical (unpaired) electrons. The average molecular weight is 285 g/mol. The van der Waals surface area contributed by atoms with E-state index >= 15 is 0 Å². The van der Waals surface area contributed by atoms with Crippen LogP contribution in [0.1, 0.15) is 36.5 Å². The van der Waals surface area contributed by atoms with E-state index in [-0.39, 0.29) is 0 Å². The number of aromatic nitrogens is 1. The van der Waals surface area contributed by atoms with Gasteiger partial charge in [-0.05, 0) is 36.1 Å². The second-order valence-corrected chi connectivity index (χ2v) is 5.52. The van der Waals surface area contributed by atoms with E-state index in [9.17, 15) is 0 Å². The van der Waals surface area contributed by atoms with Crippen molar-refractivity contribution in [1.82, 2.24) is 4.98 Å². The maximum Gasteiger partial charge on any atom is 0.140 e. The largest absolute Gasteiger partial charge is 0.389 e. The lowest BCUT2D eigenvalue weighted by molar-refractivity contribution is 0.867. The number of nitrogens with zero attached hydrogens (tertiary/aromatic N) is 1. The molecule has 2 rings (SSSR count). The lowest BCUT2D eigenvalue weighted by atomic mass is 9.98. The number of anilines is 2. The molecular weight excluding hydrogens is 266 g/mol. The van der Waals surface area contributed by atoms with Crippen LogP contribution in [-0.4, -0.2) is 9.97 Å². The van der Waals surface area contributed by atoms with Crippen LogP contribution in [0.15, 0.2) is 36.5 Å². The zero-order valence-corrected chi connectivity index (χ0v) is 12.8. The molecule has 0 spiro atoms. The molecule has 2 aromatic rings. The Hall–Kier alpha value is -1.94. The van der Waals surface area contributed by atoms with Crippen molar-refractivity contribution >= 4 is 28.7 Å². The molecule has 0 saturated carbocycles. The Morgan fingerprint density at radius 3 is 2.65 bits per heavy atom. The molecule has 0 unspecified atom stereocenters. The summed E-state index contributed by atoms with van der Waals surface area (Å²) in [6.45, 7) is 6.43. The van der Waals surface area contributed by atoms with Crippen molar-refractivity contribution < 1.29 is 0 Å². The zero-order chi connectivity index (χ0) is 14.7. The summed E-state index contributed by atoms with van der Waals surface area (Å²) in [5.74, 6) is 1.13. The quantitative estimate of drug-likeness (QED) is 0.837. The minimum Gasteiger partial charge on any atom is -0.389 e. The van der Waals surface area contributed by atoms with Gasteiger partial charge >= 0.3 is 0 Å². The first-order valence-electron chi connectivity index (χ1n) is 6.62. The maximum absolute atomic E-state index is 5.76. The van der Waals surface area contributed by atoms with Gasteiger partial charge in [-0.3, -0.25) is 0 Å². The second kappa shape index (κ2) is 6.01. The number of aryl methyl sites for hydroxylation is 1. The molecule has 0 bridgehead atoms. The minimum atomic E-state index is 0.347. The van der Waals surface area contributed by atoms with Gasteiger partial charge < -0.3 is 11.1 Å². The molecule has 0 aliphatic carbocycles. The summed E-state index contributed by atoms with van der Waals surface area (Å²) in [7, 11) is 0. The predicted molar refractivity (Wildman–Crippen MR) is 88.7 cm³/mol. The molecule has 1 heterocycles. The van der Waals surface area contributed by atoms with Crippen molar-refractivity contribution in [2.45, 2.75) is 26.7 Å². The van der Waals surface area contributed by atoms with E-state index in [2.05, 4.69) is 49.3 Å². The SMILES string of the molecule is Cc1cccc(C(C)C)c1Nc1ncccc1C(N)=S. The maximum atomic E-state index is 5.76. The van der Waals surface area contributed by atoms with Gasteiger partial charge in [-0.25, -0.2) is 4.98 Å². The van der Waals surface area contributed by atoms with Crippen molar-refractivity contribution in [3.63, 3.8) is 0 Å². The van der Waals surface area contributed by atoms with E-state index in [1.807, 2.05) is 12.1 Å². The van der Waals surface area contributed by atoms with Crippen LogP contribution in [0.25, 0.3) is 0 Å². The third-order valence-corrected chi connectivity index (χ3v) is 3.46. The Labute approximate surface area is 125 Å². The third-order valence-electron chi connectivity index (χ3n) is 3.24. The van der Waals surface area contributed by atoms with Crippen LogP contribution in [-0.2, 0) is 0 Å². The number of thiocarbonyl (C=S) groups is 1. The van der Waals surface area contributed by atoms with Gasteiger partial charge in [-0.15, -0.1) is 0 Å². The molecule has 0 atom stereocenters. The number of para-hydroxylation sites is 1. The molecule has 0 amide bonds. The summed E-state index contributed by atoms with van der Waals surface area (Å²) in [6.07, 6.45) is 1.73. The van der Waals surface area contributed by atoms with Crippen LogP contribution >= 0.6 is 12.2 Å². The number of pyridine rings is 1. The van der Waals surface area contributed by atoms with Gasteiger partial charge in [0.15, 0.2) is 0 Å². The highest BCUT2D eigenvalue weighted by molar-refractivity contribution is 7.80. The van der Waals surface area contributed by atoms with Crippen LogP contribution in [0, 0.1) is 6.92 Å². The van der Waals surface area contributed by atoms with Gasteiger partial charge in [-0.2, -0.15) is 0 Å². The van der Waals surface area contributed by atoms with E-state index in [1.165, 1.54) is 11.1 Å². The molecule has 0 aliphatic heterocycles. The monoisotopic (exact) mass is 285 g/mol. The Morgan fingerprint density at radius 2 is 2.00 bits per heavy atom. The molecule has 1 aromatic carbocycles. The minimum absolute atomic E-state index is 0.347. The number of hydrogen-bond donors (Lipinski definition) is 2. The summed E-state index contributed by atoms with van der Waals surface area (Å²) in [5, 5.41) is 3.39. The normalized spacial score (nSPS) is 10.6. The van der Waals surface area contributed by atoms with Crippen LogP contribution in [0.4, 0.5) is 11.5 Å². The molecular formula is C16H19N3S. The fourth-order valence-corrected chi connectivity index (χ4v) is 2.33. The molecule has 0 fully saturated rings. The van der Waals surface area contributed by atoms with Gasteiger partial charge in [0.25, 0.3) is 0 Å². The lowest BCUT2D eigenvalue weighted by Gasteiger charge is -2.18. The van der Waals surface area contributed by atoms with Crippen molar-refractivity contribution in [1.29, 1.82) is 0 Å². The highest BCUT2D eigenvalue weighted by Crippen LogP contribution is 2.30. The fraction of sp³-hybridized carbons (Fsp3) is 0.250. The van der Waals surface area contributed by atoms with E-state index < -0.39 is 0 Å². The summed E-state index contributed by atoms with van der Waals surface area (Å²) in [6, 6.07) is 10.00. The summed E-state index contributed by atoms with van der Waals surface area (Å²) in [5.41, 5.74) is 10.0. The molecule has 3 nitrogen and oxygen atoms in total. The van der Waals surface area contributed by atoms with Crippen LogP contribution < -0.4 is 11.1 Å². The standard InChI is InChI=1S/C16H19N3S/c1-10(2)12-7-4-6-11(3)14(12)19-16-13(15(17)20)8-5-9-18-16/h4-10H,1-3H3,(H2,17,20)(H,18,19). The first-order valence-corrected chi connectivity index (χ1v) is 7.03. The number of benzene rings is 1. The van der Waals surface area contributed by atoms with Gasteiger partial charge in [0.2, 0.25) is 0 Å². The molecule has 0 aliphatic rings. The number of rotatable bonds is 4. The van der Waals surface area contributed by atoms with Crippen molar-refractivity contribution in [3.8, 4) is 0 Å². The van der Waals surface area contributed by atoms with E-state index in [0.29, 0.717) is 16.7 Å². The molecule has 3 N–H and O–H groups in total. The summed E-state index contributed by atoms with van der Waals surface area (Å²) < 4.78 is 0. The van der Waals surface area contributed by atoms with E-state index in [4.69, 9.17) is 18.0 Å². The number of nitrogens with two attached hydrogens (primary N) is 1. The Kier molecular flexibility index (Phi) is 4.35. The molecule has 4 heteroatoms. The smallest absolute Gasteiger partial charge is 0.140 e. The molecule has 20 heavy (non-hydrogen) atoms. The first kappa shape index (κ1) is 14.5. The predicted octanol–water partition coefficient (Wildman–Crippen LogP) is 3.89. The van der Waals surface area contributed by atoms with Crippen LogP contribution in [0.2, 0.25) is 0 Å². The van der Waals surface area contributed by atoms with Gasteiger partial charge in [0, 0.05) is 11.9 Å². The van der Waals surface area contributed by atoms with Crippen molar-refractivity contribution in [3.05, 3.63) is 53.2 Å². The van der Waals surface area contributed by atoms with Gasteiger partial charge in [0.1, 0.15) is 10.8 Å². The van der Waals surface area contributed by atoms with E-state index in [0.717, 1.165) is 11.3 Å². The lowest BCUT2D eigenvalue weighted by Crippen LogP contribution is -2.13. The highest BCUT2D eigenvalue weighted by atomic mass is 32.1. The second-order valence-electron chi connectivity index (χ2n) is 5.08. The van der Waals surface area contributed by atoms with Crippen molar-refractivity contribution in [2.24, 2.45) is 5.73 Å². The van der Waals surface area contributed by atoms with Crippen LogP contribution in [0.5, 0.6) is 0 Å². The highest BCUT2D eigenvalue weighted by Gasteiger charge is 2.12. The summed E-state index contributed by atoms with van der Waals surface area (Å²) >= 11 is 5.08. The fourth-order valence-electron chi connectivity index (χ4n) is 2.16. The zero-order valence-electron chi connectivity index (χ0n) is 12.0. The molecule has 1 aromatic heterocycles. The average Bonchev–Trinajstić information content (AvgIpc) is 2.41. The van der Waals surface area contributed by atoms with Gasteiger partial charge in [0.05, 0.1) is 5.56 Å². The third kappa shape index (κ3) is 2.96. The summed E-state index contributed by atoms with van der Waals surface area (Å²) in [4.78, 5) is 4.71. The van der Waals surface area contributed by atoms with Gasteiger partial charge in [-0.1, -0.05) is 44.3 Å². The number of nitrogens with one attached hydrogen (secondary N) is 1. The molecule has 0 saturated heterocycles. The Balaban J connectivity index is 2.48. The Bertz CT molecular complexity index is 635. The van der Waals surface area contributed by atoms with Crippen molar-refractivity contribution in [2.75, 3.05) is 5.32 Å². The molecule has 104 valence electrons. The Morgan fingerprint density at radius 1 is 1.25 bits per heavy atom. The number of hydrogen-bond acceptors (Lipinski definition) is 3. The topological polar surface area (TPSA) is 50.9 Å². The van der Waals surface area contributed by atoms with E-state index in [1.54, 1.807) is 6.20 Å². The first-order chi connectivity index (χ1) is 9.50.